The van der Waals surface area contributed by atoms with E-state index in [2.05, 4.69) is 15.3 Å². The summed E-state index contributed by atoms with van der Waals surface area (Å²) in [6.07, 6.45) is 1.32. The first-order chi connectivity index (χ1) is 11.5. The first-order valence-electron chi connectivity index (χ1n) is 6.68. The van der Waals surface area contributed by atoms with E-state index in [0.29, 0.717) is 28.2 Å². The molecule has 3 N–H and O–H groups in total. The smallest absolute Gasteiger partial charge is 0.166 e. The van der Waals surface area contributed by atoms with Crippen molar-refractivity contribution in [3.8, 4) is 5.75 Å². The summed E-state index contributed by atoms with van der Waals surface area (Å²) in [4.78, 5) is 8.25. The molecule has 24 heavy (non-hydrogen) atoms. The van der Waals surface area contributed by atoms with Crippen LogP contribution in [0.25, 0.3) is 10.9 Å². The Morgan fingerprint density at radius 2 is 1.96 bits per heavy atom. The predicted octanol–water partition coefficient (Wildman–Crippen LogP) is 4.63. The summed E-state index contributed by atoms with van der Waals surface area (Å²) in [5.41, 5.74) is 3.01. The number of nitrogens with zero attached hydrogens (tertiary/aromatic N) is 2. The van der Waals surface area contributed by atoms with Crippen LogP contribution in [0.2, 0.25) is 10.0 Å². The Balaban J connectivity index is 2.12. The number of fused-ring (bicyclic) bond motifs is 1. The lowest BCUT2D eigenvalue weighted by atomic mass is 10.2. The number of ether oxygens (including phenoxy) is 1. The highest BCUT2D eigenvalue weighted by Crippen LogP contribution is 2.35. The average Bonchev–Trinajstić information content (AvgIpc) is 2.61. The van der Waals surface area contributed by atoms with Crippen LogP contribution in [0.4, 0.5) is 21.6 Å². The summed E-state index contributed by atoms with van der Waals surface area (Å²) >= 11 is 11.6. The first kappa shape index (κ1) is 16.5. The van der Waals surface area contributed by atoms with Crippen LogP contribution in [-0.2, 0) is 0 Å². The Morgan fingerprint density at radius 1 is 1.17 bits per heavy atom. The van der Waals surface area contributed by atoms with Crippen molar-refractivity contribution in [1.29, 1.82) is 0 Å². The van der Waals surface area contributed by atoms with E-state index in [1.54, 1.807) is 12.1 Å². The second-order valence-electron chi connectivity index (χ2n) is 4.75. The molecule has 0 saturated carbocycles. The summed E-state index contributed by atoms with van der Waals surface area (Å²) < 4.78 is 19.4. The van der Waals surface area contributed by atoms with E-state index in [-0.39, 0.29) is 15.7 Å². The number of benzene rings is 2. The Bertz CT molecular complexity index is 924. The predicted molar refractivity (Wildman–Crippen MR) is 91.2 cm³/mol. The molecule has 1 aromatic heterocycles. The molecule has 0 unspecified atom stereocenters. The van der Waals surface area contributed by atoms with E-state index < -0.39 is 5.82 Å². The third-order valence-electron chi connectivity index (χ3n) is 3.37. The van der Waals surface area contributed by atoms with Crippen LogP contribution in [0.15, 0.2) is 30.6 Å². The van der Waals surface area contributed by atoms with Gasteiger partial charge in [0.1, 0.15) is 23.6 Å². The van der Waals surface area contributed by atoms with Crippen LogP contribution in [0.1, 0.15) is 0 Å². The molecule has 9 heteroatoms. The highest BCUT2D eigenvalue weighted by Gasteiger charge is 2.14. The maximum atomic E-state index is 14.2. The van der Waals surface area contributed by atoms with E-state index in [9.17, 15) is 9.60 Å². The molecule has 0 fully saturated rings. The highest BCUT2D eigenvalue weighted by molar-refractivity contribution is 6.42. The monoisotopic (exact) mass is 368 g/mol. The number of rotatable bonds is 4. The fraction of sp³-hybridized carbons (Fsp3) is 0.0667. The maximum absolute atomic E-state index is 14.2. The van der Waals surface area contributed by atoms with Crippen molar-refractivity contribution in [3.05, 3.63) is 46.5 Å². The van der Waals surface area contributed by atoms with Gasteiger partial charge in [0, 0.05) is 11.5 Å². The molecule has 0 amide bonds. The van der Waals surface area contributed by atoms with E-state index >= 15 is 0 Å². The molecule has 3 rings (SSSR count). The maximum Gasteiger partial charge on any atom is 0.166 e. The van der Waals surface area contributed by atoms with Gasteiger partial charge in [-0.15, -0.1) is 0 Å². The Labute approximate surface area is 146 Å². The molecule has 0 atom stereocenters. The second kappa shape index (κ2) is 6.64. The quantitative estimate of drug-likeness (QED) is 0.460. The van der Waals surface area contributed by atoms with Gasteiger partial charge in [-0.3, -0.25) is 10.7 Å². The summed E-state index contributed by atoms with van der Waals surface area (Å²) in [5.74, 6) is 0.0387. The molecule has 6 nitrogen and oxygen atoms in total. The van der Waals surface area contributed by atoms with Crippen LogP contribution in [0, 0.1) is 5.82 Å². The van der Waals surface area contributed by atoms with Crippen molar-refractivity contribution >= 4 is 51.3 Å². The Hall–Kier alpha value is -2.35. The van der Waals surface area contributed by atoms with Crippen molar-refractivity contribution in [2.24, 2.45) is 0 Å². The topological polar surface area (TPSA) is 79.3 Å². The second-order valence-corrected chi connectivity index (χ2v) is 5.54. The number of nitrogens with one attached hydrogen (secondary N) is 2. The molecule has 0 saturated heterocycles. The van der Waals surface area contributed by atoms with Gasteiger partial charge in [-0.2, -0.15) is 0 Å². The lowest BCUT2D eigenvalue weighted by molar-refractivity contribution is 0.373. The van der Waals surface area contributed by atoms with Gasteiger partial charge in [-0.05, 0) is 18.2 Å². The van der Waals surface area contributed by atoms with Crippen molar-refractivity contribution in [1.82, 2.24) is 9.97 Å². The average molecular weight is 369 g/mol. The largest absolute Gasteiger partial charge is 0.494 e. The zero-order valence-corrected chi connectivity index (χ0v) is 13.8. The molecule has 1 heterocycles. The molecule has 2 aromatic carbocycles. The molecular formula is C15H11Cl2FN4O2. The van der Waals surface area contributed by atoms with Crippen molar-refractivity contribution in [2.45, 2.75) is 0 Å². The van der Waals surface area contributed by atoms with Crippen LogP contribution < -0.4 is 15.5 Å². The number of anilines is 3. The summed E-state index contributed by atoms with van der Waals surface area (Å²) in [6.45, 7) is 0. The molecule has 124 valence electrons. The summed E-state index contributed by atoms with van der Waals surface area (Å²) in [7, 11) is 1.47. The summed E-state index contributed by atoms with van der Waals surface area (Å²) in [5, 5.41) is 12.5. The fourth-order valence-electron chi connectivity index (χ4n) is 2.19. The van der Waals surface area contributed by atoms with Crippen LogP contribution in [0.5, 0.6) is 5.75 Å². The van der Waals surface area contributed by atoms with Gasteiger partial charge in [0.25, 0.3) is 0 Å². The standard InChI is InChI=1S/C15H11Cl2FN4O2/c1-24-12-5-10-7(4-11(12)22-23)15(20-6-19-10)21-9-3-2-8(16)13(17)14(9)18/h2-6,22-23H,1H3,(H,19,20,21). The minimum atomic E-state index is -0.690. The Kier molecular flexibility index (Phi) is 4.57. The third-order valence-corrected chi connectivity index (χ3v) is 4.15. The van der Waals surface area contributed by atoms with Crippen molar-refractivity contribution in [2.75, 3.05) is 17.9 Å². The molecule has 0 aliphatic carbocycles. The molecule has 3 aromatic rings. The molecule has 0 aliphatic rings. The summed E-state index contributed by atoms with van der Waals surface area (Å²) in [6, 6.07) is 6.12. The highest BCUT2D eigenvalue weighted by atomic mass is 35.5. The van der Waals surface area contributed by atoms with E-state index in [0.717, 1.165) is 0 Å². The van der Waals surface area contributed by atoms with Crippen LogP contribution >= 0.6 is 23.2 Å². The number of aromatic nitrogens is 2. The van der Waals surface area contributed by atoms with Gasteiger partial charge in [-0.25, -0.2) is 14.4 Å². The minimum absolute atomic E-state index is 0.110. The number of methoxy groups -OCH3 is 1. The Morgan fingerprint density at radius 3 is 2.67 bits per heavy atom. The molecular weight excluding hydrogens is 358 g/mol. The van der Waals surface area contributed by atoms with Crippen molar-refractivity contribution < 1.29 is 14.3 Å². The minimum Gasteiger partial charge on any atom is -0.494 e. The van der Waals surface area contributed by atoms with Gasteiger partial charge in [0.2, 0.25) is 0 Å². The van der Waals surface area contributed by atoms with E-state index in [4.69, 9.17) is 27.9 Å². The lowest BCUT2D eigenvalue weighted by Gasteiger charge is -2.13. The normalized spacial score (nSPS) is 10.7. The van der Waals surface area contributed by atoms with Crippen molar-refractivity contribution in [3.63, 3.8) is 0 Å². The van der Waals surface area contributed by atoms with Gasteiger partial charge in [-0.1, -0.05) is 23.2 Å². The number of hydrogen-bond donors (Lipinski definition) is 3. The molecule has 0 aliphatic heterocycles. The first-order valence-corrected chi connectivity index (χ1v) is 7.44. The zero-order chi connectivity index (χ0) is 17.3. The third kappa shape index (κ3) is 2.89. The number of hydrogen-bond acceptors (Lipinski definition) is 6. The van der Waals surface area contributed by atoms with Gasteiger partial charge in [0.05, 0.1) is 28.4 Å². The zero-order valence-electron chi connectivity index (χ0n) is 12.3. The van der Waals surface area contributed by atoms with Gasteiger partial charge in [0.15, 0.2) is 5.82 Å². The molecule has 0 bridgehead atoms. The SMILES string of the molecule is COc1cc2ncnc(Nc3ccc(Cl)c(Cl)c3F)c2cc1NO. The molecule has 0 radical (unpaired) electrons. The fourth-order valence-corrected chi connectivity index (χ4v) is 2.50. The van der Waals surface area contributed by atoms with Crippen LogP contribution in [-0.4, -0.2) is 22.3 Å². The number of halogens is 3. The lowest BCUT2D eigenvalue weighted by Crippen LogP contribution is -2.00. The van der Waals surface area contributed by atoms with Gasteiger partial charge >= 0.3 is 0 Å². The van der Waals surface area contributed by atoms with Gasteiger partial charge < -0.3 is 10.1 Å². The molecule has 0 spiro atoms. The van der Waals surface area contributed by atoms with E-state index in [1.807, 2.05) is 5.48 Å². The van der Waals surface area contributed by atoms with E-state index in [1.165, 1.54) is 25.6 Å². The van der Waals surface area contributed by atoms with Crippen LogP contribution in [0.3, 0.4) is 0 Å².